The van der Waals surface area contributed by atoms with E-state index in [9.17, 15) is 0 Å². The van der Waals surface area contributed by atoms with Crippen molar-refractivity contribution in [2.45, 2.75) is 11.4 Å². The first-order valence-electron chi connectivity index (χ1n) is 4.88. The fourth-order valence-corrected chi connectivity index (χ4v) is 2.14. The molecule has 1 aromatic carbocycles. The van der Waals surface area contributed by atoms with Gasteiger partial charge in [0.05, 0.1) is 12.5 Å². The van der Waals surface area contributed by atoms with E-state index in [1.54, 1.807) is 24.3 Å². The van der Waals surface area contributed by atoms with E-state index in [4.69, 9.17) is 16.0 Å². The van der Waals surface area contributed by atoms with Crippen molar-refractivity contribution in [3.05, 3.63) is 47.4 Å². The molecular formula is C12H12ClNOS. The topological polar surface area (TPSA) is 25.2 Å². The van der Waals surface area contributed by atoms with Gasteiger partial charge in [-0.3, -0.25) is 0 Å². The Labute approximate surface area is 104 Å². The quantitative estimate of drug-likeness (QED) is 0.824. The van der Waals surface area contributed by atoms with Gasteiger partial charge >= 0.3 is 0 Å². The summed E-state index contributed by atoms with van der Waals surface area (Å²) >= 11 is 7.66. The molecule has 2 aromatic rings. The number of hydrogen-bond donors (Lipinski definition) is 1. The lowest BCUT2D eigenvalue weighted by Gasteiger charge is -2.09. The smallest absolute Gasteiger partial charge is 0.0952 e. The second-order valence-electron chi connectivity index (χ2n) is 3.33. The van der Waals surface area contributed by atoms with E-state index in [0.717, 1.165) is 22.8 Å². The van der Waals surface area contributed by atoms with Crippen molar-refractivity contribution in [1.82, 2.24) is 0 Å². The first-order valence-corrected chi connectivity index (χ1v) is 6.48. The third kappa shape index (κ3) is 2.74. The Hall–Kier alpha value is -1.06. The third-order valence-electron chi connectivity index (χ3n) is 2.22. The highest BCUT2D eigenvalue weighted by Gasteiger charge is 2.02. The lowest BCUT2D eigenvalue weighted by atomic mass is 10.3. The van der Waals surface area contributed by atoms with Crippen molar-refractivity contribution < 1.29 is 4.42 Å². The van der Waals surface area contributed by atoms with Gasteiger partial charge < -0.3 is 9.73 Å². The number of furan rings is 1. The summed E-state index contributed by atoms with van der Waals surface area (Å²) in [5, 5.41) is 4.09. The van der Waals surface area contributed by atoms with Crippen molar-refractivity contribution in [1.29, 1.82) is 0 Å². The van der Waals surface area contributed by atoms with Gasteiger partial charge in [0.25, 0.3) is 0 Å². The van der Waals surface area contributed by atoms with Gasteiger partial charge in [-0.15, -0.1) is 11.8 Å². The second kappa shape index (κ2) is 5.32. The summed E-state index contributed by atoms with van der Waals surface area (Å²) in [5.41, 5.74) is 2.17. The van der Waals surface area contributed by atoms with Crippen molar-refractivity contribution in [2.24, 2.45) is 0 Å². The molecule has 16 heavy (non-hydrogen) atoms. The first-order chi connectivity index (χ1) is 7.79. The van der Waals surface area contributed by atoms with Crippen LogP contribution in [0.2, 0.25) is 5.02 Å². The summed E-state index contributed by atoms with van der Waals surface area (Å²) in [4.78, 5) is 1.19. The van der Waals surface area contributed by atoms with Gasteiger partial charge in [-0.25, -0.2) is 0 Å². The van der Waals surface area contributed by atoms with Crippen molar-refractivity contribution in [3.8, 4) is 0 Å². The molecule has 0 atom stereocenters. The van der Waals surface area contributed by atoms with Crippen LogP contribution in [0.3, 0.4) is 0 Å². The molecule has 84 valence electrons. The van der Waals surface area contributed by atoms with E-state index >= 15 is 0 Å². The van der Waals surface area contributed by atoms with E-state index in [-0.39, 0.29) is 0 Å². The Morgan fingerprint density at radius 1 is 1.38 bits per heavy atom. The minimum atomic E-state index is 0.740. The number of benzene rings is 1. The summed E-state index contributed by atoms with van der Waals surface area (Å²) in [6, 6.07) is 7.80. The number of nitrogens with one attached hydrogen (secondary N) is 1. The minimum absolute atomic E-state index is 0.740. The van der Waals surface area contributed by atoms with Gasteiger partial charge in [0.2, 0.25) is 0 Å². The molecule has 0 saturated carbocycles. The van der Waals surface area contributed by atoms with Crippen molar-refractivity contribution in [2.75, 3.05) is 11.6 Å². The maximum atomic E-state index is 5.97. The van der Waals surface area contributed by atoms with E-state index in [0.29, 0.717) is 0 Å². The molecule has 0 unspecified atom stereocenters. The van der Waals surface area contributed by atoms with Crippen LogP contribution >= 0.6 is 23.4 Å². The molecule has 0 aliphatic heterocycles. The molecule has 0 amide bonds. The average Bonchev–Trinajstić information content (AvgIpc) is 2.79. The van der Waals surface area contributed by atoms with Crippen molar-refractivity contribution >= 4 is 29.1 Å². The monoisotopic (exact) mass is 253 g/mol. The zero-order valence-corrected chi connectivity index (χ0v) is 10.4. The molecule has 0 radical (unpaired) electrons. The van der Waals surface area contributed by atoms with Gasteiger partial charge in [0.1, 0.15) is 0 Å². The number of thioether (sulfide) groups is 1. The molecule has 2 rings (SSSR count). The number of hydrogen-bond acceptors (Lipinski definition) is 3. The molecule has 2 nitrogen and oxygen atoms in total. The molecule has 1 aromatic heterocycles. The van der Waals surface area contributed by atoms with Crippen LogP contribution in [0.4, 0.5) is 5.69 Å². The van der Waals surface area contributed by atoms with Crippen LogP contribution in [0, 0.1) is 0 Å². The van der Waals surface area contributed by atoms with Gasteiger partial charge in [-0.05, 0) is 30.5 Å². The second-order valence-corrected chi connectivity index (χ2v) is 4.61. The Morgan fingerprint density at radius 3 is 2.94 bits per heavy atom. The summed E-state index contributed by atoms with van der Waals surface area (Å²) in [7, 11) is 0. The van der Waals surface area contributed by atoms with Crippen LogP contribution in [-0.4, -0.2) is 6.26 Å². The van der Waals surface area contributed by atoms with E-state index in [1.807, 2.05) is 30.5 Å². The predicted molar refractivity (Wildman–Crippen MR) is 69.3 cm³/mol. The maximum absolute atomic E-state index is 5.97. The van der Waals surface area contributed by atoms with Crippen LogP contribution in [0.1, 0.15) is 5.56 Å². The summed E-state index contributed by atoms with van der Waals surface area (Å²) in [6.07, 6.45) is 5.45. The van der Waals surface area contributed by atoms with Gasteiger partial charge in [-0.2, -0.15) is 0 Å². The van der Waals surface area contributed by atoms with Crippen LogP contribution in [0.5, 0.6) is 0 Å². The molecule has 4 heteroatoms. The average molecular weight is 254 g/mol. The first kappa shape index (κ1) is 11.4. The number of rotatable bonds is 4. The molecule has 0 bridgehead atoms. The number of anilines is 1. The Morgan fingerprint density at radius 2 is 2.25 bits per heavy atom. The van der Waals surface area contributed by atoms with Crippen LogP contribution in [-0.2, 0) is 6.54 Å². The van der Waals surface area contributed by atoms with Crippen LogP contribution in [0.25, 0.3) is 0 Å². The molecular weight excluding hydrogens is 242 g/mol. The Kier molecular flexibility index (Phi) is 3.80. The van der Waals surface area contributed by atoms with E-state index in [2.05, 4.69) is 5.32 Å². The summed E-state index contributed by atoms with van der Waals surface area (Å²) in [6.45, 7) is 0.740. The molecule has 0 saturated heterocycles. The van der Waals surface area contributed by atoms with Crippen molar-refractivity contribution in [3.63, 3.8) is 0 Å². The zero-order chi connectivity index (χ0) is 11.4. The predicted octanol–water partition coefficient (Wildman–Crippen LogP) is 4.27. The molecule has 0 aliphatic rings. The minimum Gasteiger partial charge on any atom is -0.472 e. The highest BCUT2D eigenvalue weighted by atomic mass is 35.5. The highest BCUT2D eigenvalue weighted by molar-refractivity contribution is 7.98. The van der Waals surface area contributed by atoms with E-state index < -0.39 is 0 Å². The maximum Gasteiger partial charge on any atom is 0.0952 e. The standard InChI is InChI=1S/C12H12ClNOS/c1-16-12-3-2-10(13)6-11(12)14-7-9-4-5-15-8-9/h2-6,8,14H,7H2,1H3. The fourth-order valence-electron chi connectivity index (χ4n) is 1.41. The van der Waals surface area contributed by atoms with Gasteiger partial charge in [0.15, 0.2) is 0 Å². The Balaban J connectivity index is 2.11. The molecule has 1 heterocycles. The van der Waals surface area contributed by atoms with Crippen LogP contribution in [0.15, 0.2) is 46.1 Å². The zero-order valence-electron chi connectivity index (χ0n) is 8.87. The largest absolute Gasteiger partial charge is 0.472 e. The third-order valence-corrected chi connectivity index (χ3v) is 3.26. The fraction of sp³-hybridized carbons (Fsp3) is 0.167. The summed E-state index contributed by atoms with van der Waals surface area (Å²) in [5.74, 6) is 0. The van der Waals surface area contributed by atoms with E-state index in [1.165, 1.54) is 4.90 Å². The normalized spacial score (nSPS) is 10.4. The van der Waals surface area contributed by atoms with Gasteiger partial charge in [0, 0.05) is 27.7 Å². The molecule has 0 spiro atoms. The lowest BCUT2D eigenvalue weighted by molar-refractivity contribution is 0.564. The number of halogens is 1. The summed E-state index contributed by atoms with van der Waals surface area (Å²) < 4.78 is 5.01. The highest BCUT2D eigenvalue weighted by Crippen LogP contribution is 2.28. The lowest BCUT2D eigenvalue weighted by Crippen LogP contribution is -1.99. The van der Waals surface area contributed by atoms with Crippen LogP contribution < -0.4 is 5.32 Å². The molecule has 0 aliphatic carbocycles. The molecule has 0 fully saturated rings. The SMILES string of the molecule is CSc1ccc(Cl)cc1NCc1ccoc1. The molecule has 1 N–H and O–H groups in total. The Bertz CT molecular complexity index is 456. The van der Waals surface area contributed by atoms with Gasteiger partial charge in [-0.1, -0.05) is 11.6 Å².